The van der Waals surface area contributed by atoms with E-state index in [1.807, 2.05) is 97.1 Å². The van der Waals surface area contributed by atoms with Crippen LogP contribution in [0, 0.1) is 0 Å². The number of rotatable bonds is 22. The first-order valence-corrected chi connectivity index (χ1v) is 18.4. The Hall–Kier alpha value is -2.85. The third kappa shape index (κ3) is 12.7. The molecule has 46 heavy (non-hydrogen) atoms. The number of ether oxygens (including phenoxy) is 4. The zero-order valence-corrected chi connectivity index (χ0v) is 27.9. The van der Waals surface area contributed by atoms with E-state index in [4.69, 9.17) is 23.1 Å². The minimum atomic E-state index is -3.81. The molecule has 1 heterocycles. The second-order valence-corrected chi connectivity index (χ2v) is 13.6. The van der Waals surface area contributed by atoms with Crippen LogP contribution >= 0.6 is 0 Å². The summed E-state index contributed by atoms with van der Waals surface area (Å²) in [5.74, 6) is 0. The number of hydrogen-bond acceptors (Lipinski definition) is 7. The summed E-state index contributed by atoms with van der Waals surface area (Å²) >= 11 is 0. The molecule has 1 unspecified atom stereocenters. The van der Waals surface area contributed by atoms with Crippen molar-refractivity contribution < 1.29 is 31.5 Å². The Labute approximate surface area is 276 Å². The second kappa shape index (κ2) is 19.7. The van der Waals surface area contributed by atoms with Gasteiger partial charge in [-0.2, -0.15) is 8.42 Å². The predicted molar refractivity (Wildman–Crippen MR) is 182 cm³/mol. The Kier molecular flexibility index (Phi) is 15.4. The molecular weight excluding hydrogens is 600 g/mol. The summed E-state index contributed by atoms with van der Waals surface area (Å²) in [6.07, 6.45) is 8.94. The van der Waals surface area contributed by atoms with E-state index in [-0.39, 0.29) is 13.2 Å². The lowest BCUT2D eigenvalue weighted by Crippen LogP contribution is -2.50. The number of allylic oxidation sites excluding steroid dienone is 1. The van der Waals surface area contributed by atoms with Gasteiger partial charge < -0.3 is 18.9 Å². The number of hydrogen-bond donors (Lipinski definition) is 0. The first kappa shape index (κ1) is 36.0. The zero-order valence-electron chi connectivity index (χ0n) is 27.1. The molecular formula is C38H50O7S. The minimum absolute atomic E-state index is 0.265. The zero-order chi connectivity index (χ0) is 32.5. The molecule has 0 bridgehead atoms. The molecule has 0 N–H and O–H groups in total. The summed E-state index contributed by atoms with van der Waals surface area (Å²) in [6, 6.07) is 29.5. The van der Waals surface area contributed by atoms with E-state index in [9.17, 15) is 8.42 Å². The lowest BCUT2D eigenvalue weighted by atomic mass is 9.97. The number of unbranched alkanes of at least 4 members (excludes halogenated alkanes) is 7. The smallest absolute Gasteiger partial charge is 0.264 e. The SMILES string of the molecule is C=CCCCCCCCCC[C@H](OS(C)(=O)=O)[C@@H](OCc1ccccc1)[C@H](OCc1ccccc1)[C@H]1COC(c2ccccc2)O1. The molecule has 250 valence electrons. The fraction of sp³-hybridized carbons (Fsp3) is 0.474. The van der Waals surface area contributed by atoms with Crippen LogP contribution in [0.5, 0.6) is 0 Å². The van der Waals surface area contributed by atoms with Crippen LogP contribution in [0.15, 0.2) is 104 Å². The van der Waals surface area contributed by atoms with Gasteiger partial charge in [0.2, 0.25) is 0 Å². The van der Waals surface area contributed by atoms with Crippen molar-refractivity contribution in [3.8, 4) is 0 Å². The molecule has 4 rings (SSSR count). The van der Waals surface area contributed by atoms with Crippen molar-refractivity contribution in [3.63, 3.8) is 0 Å². The van der Waals surface area contributed by atoms with E-state index in [1.54, 1.807) is 0 Å². The molecule has 7 nitrogen and oxygen atoms in total. The highest BCUT2D eigenvalue weighted by Gasteiger charge is 2.43. The maximum absolute atomic E-state index is 12.7. The monoisotopic (exact) mass is 650 g/mol. The molecule has 1 saturated heterocycles. The Morgan fingerprint density at radius 1 is 0.783 bits per heavy atom. The van der Waals surface area contributed by atoms with Gasteiger partial charge in [0.25, 0.3) is 10.1 Å². The molecule has 0 aromatic heterocycles. The maximum atomic E-state index is 12.7. The molecule has 1 aliphatic heterocycles. The highest BCUT2D eigenvalue weighted by molar-refractivity contribution is 7.86. The van der Waals surface area contributed by atoms with Crippen LogP contribution in [0.2, 0.25) is 0 Å². The summed E-state index contributed by atoms with van der Waals surface area (Å²) in [5, 5.41) is 0. The maximum Gasteiger partial charge on any atom is 0.264 e. The van der Waals surface area contributed by atoms with Gasteiger partial charge >= 0.3 is 0 Å². The topological polar surface area (TPSA) is 80.3 Å². The van der Waals surface area contributed by atoms with Gasteiger partial charge in [0.15, 0.2) is 6.29 Å². The molecule has 1 fully saturated rings. The van der Waals surface area contributed by atoms with Crippen molar-refractivity contribution in [1.29, 1.82) is 0 Å². The van der Waals surface area contributed by atoms with E-state index in [1.165, 1.54) is 19.3 Å². The van der Waals surface area contributed by atoms with Crippen LogP contribution in [0.3, 0.4) is 0 Å². The largest absolute Gasteiger partial charge is 0.368 e. The van der Waals surface area contributed by atoms with Gasteiger partial charge in [-0.05, 0) is 30.4 Å². The predicted octanol–water partition coefficient (Wildman–Crippen LogP) is 8.31. The van der Waals surface area contributed by atoms with Gasteiger partial charge in [-0.15, -0.1) is 6.58 Å². The lowest BCUT2D eigenvalue weighted by molar-refractivity contribution is -0.172. The third-order valence-electron chi connectivity index (χ3n) is 8.10. The average molecular weight is 651 g/mol. The molecule has 0 spiro atoms. The van der Waals surface area contributed by atoms with E-state index >= 15 is 0 Å². The molecule has 8 heteroatoms. The molecule has 0 radical (unpaired) electrons. The summed E-state index contributed by atoms with van der Waals surface area (Å²) < 4.78 is 57.0. The van der Waals surface area contributed by atoms with Crippen LogP contribution in [0.4, 0.5) is 0 Å². The normalized spacial score (nSPS) is 18.6. The van der Waals surface area contributed by atoms with Crippen molar-refractivity contribution >= 4 is 10.1 Å². The molecule has 0 aliphatic carbocycles. The van der Waals surface area contributed by atoms with Gasteiger partial charge in [0.1, 0.15) is 24.4 Å². The van der Waals surface area contributed by atoms with Crippen molar-refractivity contribution in [1.82, 2.24) is 0 Å². The second-order valence-electron chi connectivity index (χ2n) is 12.0. The van der Waals surface area contributed by atoms with Crippen molar-refractivity contribution in [3.05, 3.63) is 120 Å². The summed E-state index contributed by atoms with van der Waals surface area (Å²) in [6.45, 7) is 4.62. The summed E-state index contributed by atoms with van der Waals surface area (Å²) in [4.78, 5) is 0. The third-order valence-corrected chi connectivity index (χ3v) is 8.70. The molecule has 0 amide bonds. The molecule has 3 aromatic carbocycles. The van der Waals surface area contributed by atoms with Gasteiger partial charge in [-0.3, -0.25) is 4.18 Å². The Morgan fingerprint density at radius 3 is 1.91 bits per heavy atom. The first-order valence-electron chi connectivity index (χ1n) is 16.5. The lowest BCUT2D eigenvalue weighted by Gasteiger charge is -2.35. The van der Waals surface area contributed by atoms with Gasteiger partial charge in [-0.25, -0.2) is 0 Å². The van der Waals surface area contributed by atoms with Crippen LogP contribution < -0.4 is 0 Å². The molecule has 1 aliphatic rings. The van der Waals surface area contributed by atoms with Crippen LogP contribution in [0.25, 0.3) is 0 Å². The quantitative estimate of drug-likeness (QED) is 0.0615. The molecule has 0 saturated carbocycles. The average Bonchev–Trinajstić information content (AvgIpc) is 3.56. The first-order chi connectivity index (χ1) is 22.4. The van der Waals surface area contributed by atoms with E-state index < -0.39 is 40.8 Å². The van der Waals surface area contributed by atoms with Gasteiger partial charge in [0.05, 0.1) is 26.1 Å². The van der Waals surface area contributed by atoms with E-state index in [2.05, 4.69) is 6.58 Å². The molecule has 3 aromatic rings. The Bertz CT molecular complexity index is 1350. The summed E-state index contributed by atoms with van der Waals surface area (Å²) in [7, 11) is -3.81. The highest BCUT2D eigenvalue weighted by Crippen LogP contribution is 2.33. The van der Waals surface area contributed by atoms with Gasteiger partial charge in [-0.1, -0.05) is 136 Å². The fourth-order valence-electron chi connectivity index (χ4n) is 5.75. The van der Waals surface area contributed by atoms with Crippen LogP contribution in [-0.4, -0.2) is 45.7 Å². The van der Waals surface area contributed by atoms with Crippen molar-refractivity contribution in [2.24, 2.45) is 0 Å². The van der Waals surface area contributed by atoms with E-state index in [0.29, 0.717) is 13.0 Å². The van der Waals surface area contributed by atoms with Crippen molar-refractivity contribution in [2.75, 3.05) is 12.9 Å². The number of benzene rings is 3. The molecule has 5 atom stereocenters. The Morgan fingerprint density at radius 2 is 1.33 bits per heavy atom. The highest BCUT2D eigenvalue weighted by atomic mass is 32.2. The fourth-order valence-corrected chi connectivity index (χ4v) is 6.40. The minimum Gasteiger partial charge on any atom is -0.368 e. The van der Waals surface area contributed by atoms with Crippen LogP contribution in [-0.2, 0) is 46.5 Å². The van der Waals surface area contributed by atoms with Crippen LogP contribution in [0.1, 0.15) is 80.8 Å². The standard InChI is InChI=1S/C38H50O7S/c1-3-4-5-6-7-8-9-10-20-27-34(45-46(2,39)40)36(41-28-31-21-14-11-15-22-31)37(42-29-32-23-16-12-17-24-32)35-30-43-38(44-35)33-25-18-13-19-26-33/h3,11-19,21-26,34-38H,1,4-10,20,27-30H2,2H3/t34-,35+,36+,37+,38?/m0/s1. The Balaban J connectivity index is 1.55. The van der Waals surface area contributed by atoms with E-state index in [0.717, 1.165) is 55.1 Å². The van der Waals surface area contributed by atoms with Gasteiger partial charge in [0, 0.05) is 5.56 Å². The summed E-state index contributed by atoms with van der Waals surface area (Å²) in [5.41, 5.74) is 2.86. The van der Waals surface area contributed by atoms with Crippen molar-refractivity contribution in [2.45, 2.75) is 102 Å².